The third-order valence-corrected chi connectivity index (χ3v) is 4.73. The number of Topliss-reactive ketones (excluding diaryl/α,β-unsaturated/α-hetero) is 1. The predicted octanol–water partition coefficient (Wildman–Crippen LogP) is 1.66. The Morgan fingerprint density at radius 1 is 0.792 bits per heavy atom. The van der Waals surface area contributed by atoms with Gasteiger partial charge in [-0.05, 0) is 11.1 Å². The second-order valence-electron chi connectivity index (χ2n) is 6.83. The Morgan fingerprint density at radius 2 is 1.17 bits per heavy atom. The van der Waals surface area contributed by atoms with Crippen molar-refractivity contribution in [2.75, 3.05) is 0 Å². The van der Waals surface area contributed by atoms with Crippen molar-refractivity contribution in [2.45, 2.75) is 43.0 Å². The van der Waals surface area contributed by atoms with Gasteiger partial charge in [0, 0.05) is 25.7 Å². The molecule has 0 bridgehead atoms. The highest BCUT2D eigenvalue weighted by Crippen LogP contribution is 2.38. The van der Waals surface area contributed by atoms with Crippen molar-refractivity contribution >= 4 is 5.78 Å². The molecule has 126 valence electrons. The van der Waals surface area contributed by atoms with E-state index < -0.39 is 17.3 Å². The number of carbonyl (C=O) groups is 1. The van der Waals surface area contributed by atoms with Crippen molar-refractivity contribution in [1.82, 2.24) is 0 Å². The number of hydrogen-bond acceptors (Lipinski definition) is 4. The Morgan fingerprint density at radius 3 is 1.54 bits per heavy atom. The number of benzene rings is 2. The molecule has 2 aromatic carbocycles. The SMILES string of the molecule is O=C1C[C@](O)(Cc2ccccc2)C(O)[C@@](O)(Cc2ccccc2)C1. The van der Waals surface area contributed by atoms with Crippen LogP contribution < -0.4 is 0 Å². The fourth-order valence-electron chi connectivity index (χ4n) is 3.66. The highest BCUT2D eigenvalue weighted by Gasteiger charge is 2.54. The number of aliphatic hydroxyl groups is 3. The maximum atomic E-state index is 12.2. The molecule has 0 heterocycles. The highest BCUT2D eigenvalue weighted by atomic mass is 16.4. The van der Waals surface area contributed by atoms with E-state index in [4.69, 9.17) is 0 Å². The van der Waals surface area contributed by atoms with Gasteiger partial charge >= 0.3 is 0 Å². The molecule has 4 nitrogen and oxygen atoms in total. The van der Waals surface area contributed by atoms with Crippen LogP contribution in [0.25, 0.3) is 0 Å². The first-order valence-corrected chi connectivity index (χ1v) is 8.14. The minimum Gasteiger partial charge on any atom is -0.387 e. The smallest absolute Gasteiger partial charge is 0.138 e. The van der Waals surface area contributed by atoms with E-state index in [0.29, 0.717) is 0 Å². The Hall–Kier alpha value is -2.01. The molecule has 1 fully saturated rings. The van der Waals surface area contributed by atoms with Crippen LogP contribution in [0.2, 0.25) is 0 Å². The molecule has 24 heavy (non-hydrogen) atoms. The molecular weight excluding hydrogens is 304 g/mol. The van der Waals surface area contributed by atoms with Crippen molar-refractivity contribution in [3.63, 3.8) is 0 Å². The van der Waals surface area contributed by atoms with Gasteiger partial charge in [-0.15, -0.1) is 0 Å². The molecule has 1 aliphatic rings. The lowest BCUT2D eigenvalue weighted by Crippen LogP contribution is -2.63. The molecule has 0 unspecified atom stereocenters. The van der Waals surface area contributed by atoms with Gasteiger partial charge in [-0.25, -0.2) is 0 Å². The second-order valence-corrected chi connectivity index (χ2v) is 6.83. The van der Waals surface area contributed by atoms with Crippen LogP contribution in [0.15, 0.2) is 60.7 Å². The van der Waals surface area contributed by atoms with Gasteiger partial charge in [-0.3, -0.25) is 4.79 Å². The van der Waals surface area contributed by atoms with Gasteiger partial charge in [-0.1, -0.05) is 60.7 Å². The summed E-state index contributed by atoms with van der Waals surface area (Å²) in [7, 11) is 0. The van der Waals surface area contributed by atoms with E-state index in [-0.39, 0.29) is 31.5 Å². The summed E-state index contributed by atoms with van der Waals surface area (Å²) in [6.07, 6.45) is -1.46. The van der Waals surface area contributed by atoms with Crippen molar-refractivity contribution in [2.24, 2.45) is 0 Å². The zero-order valence-electron chi connectivity index (χ0n) is 13.4. The molecule has 3 N–H and O–H groups in total. The van der Waals surface area contributed by atoms with Gasteiger partial charge < -0.3 is 15.3 Å². The zero-order valence-corrected chi connectivity index (χ0v) is 13.4. The summed E-state index contributed by atoms with van der Waals surface area (Å²) in [5, 5.41) is 32.6. The summed E-state index contributed by atoms with van der Waals surface area (Å²) >= 11 is 0. The molecule has 0 radical (unpaired) electrons. The normalized spacial score (nSPS) is 28.0. The zero-order chi connectivity index (χ0) is 17.2. The Labute approximate surface area is 141 Å². The van der Waals surface area contributed by atoms with E-state index in [2.05, 4.69) is 0 Å². The third-order valence-electron chi connectivity index (χ3n) is 4.73. The summed E-state index contributed by atoms with van der Waals surface area (Å²) in [5.41, 5.74) is -1.70. The van der Waals surface area contributed by atoms with E-state index >= 15 is 0 Å². The minimum atomic E-state index is -1.67. The molecule has 0 saturated heterocycles. The van der Waals surface area contributed by atoms with Crippen LogP contribution in [0.3, 0.4) is 0 Å². The van der Waals surface area contributed by atoms with Gasteiger partial charge in [0.25, 0.3) is 0 Å². The van der Waals surface area contributed by atoms with E-state index in [1.165, 1.54) is 0 Å². The van der Waals surface area contributed by atoms with Crippen LogP contribution in [-0.2, 0) is 17.6 Å². The second kappa shape index (κ2) is 6.48. The van der Waals surface area contributed by atoms with Crippen LogP contribution in [0, 0.1) is 0 Å². The Bertz CT molecular complexity index is 641. The first-order valence-electron chi connectivity index (χ1n) is 8.14. The maximum Gasteiger partial charge on any atom is 0.138 e. The van der Waals surface area contributed by atoms with Crippen LogP contribution in [-0.4, -0.2) is 38.4 Å². The summed E-state index contributed by atoms with van der Waals surface area (Å²) in [6.45, 7) is 0. The van der Waals surface area contributed by atoms with Gasteiger partial charge in [0.1, 0.15) is 23.1 Å². The molecule has 1 saturated carbocycles. The van der Waals surface area contributed by atoms with Crippen molar-refractivity contribution < 1.29 is 20.1 Å². The topological polar surface area (TPSA) is 77.8 Å². The van der Waals surface area contributed by atoms with Gasteiger partial charge in [0.15, 0.2) is 0 Å². The van der Waals surface area contributed by atoms with E-state index in [1.54, 1.807) is 0 Å². The van der Waals surface area contributed by atoms with Gasteiger partial charge in [-0.2, -0.15) is 0 Å². The molecule has 2 atom stereocenters. The predicted molar refractivity (Wildman–Crippen MR) is 90.4 cm³/mol. The largest absolute Gasteiger partial charge is 0.387 e. The first-order chi connectivity index (χ1) is 11.4. The number of carbonyl (C=O) groups excluding carboxylic acids is 1. The molecule has 1 aliphatic carbocycles. The average Bonchev–Trinajstić information content (AvgIpc) is 2.54. The number of aliphatic hydroxyl groups excluding tert-OH is 1. The Balaban J connectivity index is 1.87. The lowest BCUT2D eigenvalue weighted by atomic mass is 9.67. The molecule has 4 heteroatoms. The lowest BCUT2D eigenvalue weighted by molar-refractivity contribution is -0.198. The average molecular weight is 326 g/mol. The molecule has 0 spiro atoms. The van der Waals surface area contributed by atoms with E-state index in [0.717, 1.165) is 11.1 Å². The van der Waals surface area contributed by atoms with E-state index in [9.17, 15) is 20.1 Å². The van der Waals surface area contributed by atoms with E-state index in [1.807, 2.05) is 60.7 Å². The van der Waals surface area contributed by atoms with Gasteiger partial charge in [0.2, 0.25) is 0 Å². The van der Waals surface area contributed by atoms with Crippen LogP contribution in [0.1, 0.15) is 24.0 Å². The first kappa shape index (κ1) is 16.8. The lowest BCUT2D eigenvalue weighted by Gasteiger charge is -2.46. The molecule has 3 rings (SSSR count). The van der Waals surface area contributed by atoms with Crippen molar-refractivity contribution in [1.29, 1.82) is 0 Å². The van der Waals surface area contributed by atoms with Crippen molar-refractivity contribution in [3.8, 4) is 0 Å². The molecule has 2 aromatic rings. The molecular formula is C20H22O4. The summed E-state index contributed by atoms with van der Waals surface area (Å²) < 4.78 is 0. The molecule has 0 amide bonds. The summed E-state index contributed by atoms with van der Waals surface area (Å²) in [4.78, 5) is 12.2. The minimum absolute atomic E-state index is 0.123. The highest BCUT2D eigenvalue weighted by molar-refractivity contribution is 5.82. The molecule has 0 aromatic heterocycles. The standard InChI is InChI=1S/C20H22O4/c21-17-13-19(23,11-15-7-3-1-4-8-15)18(22)20(24,14-17)12-16-9-5-2-6-10-16/h1-10,18,22-24H,11-14H2/t19-,20-/m1/s1. The Kier molecular flexibility index (Phi) is 4.54. The van der Waals surface area contributed by atoms with Crippen LogP contribution >= 0.6 is 0 Å². The van der Waals surface area contributed by atoms with Crippen LogP contribution in [0.5, 0.6) is 0 Å². The fourth-order valence-corrected chi connectivity index (χ4v) is 3.66. The monoisotopic (exact) mass is 326 g/mol. The quantitative estimate of drug-likeness (QED) is 0.798. The fraction of sp³-hybridized carbons (Fsp3) is 0.350. The maximum absolute atomic E-state index is 12.2. The third kappa shape index (κ3) is 3.41. The number of hydrogen-bond donors (Lipinski definition) is 3. The van der Waals surface area contributed by atoms with Gasteiger partial charge in [0.05, 0.1) is 0 Å². The molecule has 0 aliphatic heterocycles. The summed E-state index contributed by atoms with van der Waals surface area (Å²) in [5.74, 6) is -0.239. The van der Waals surface area contributed by atoms with Crippen molar-refractivity contribution in [3.05, 3.63) is 71.8 Å². The summed E-state index contributed by atoms with van der Waals surface area (Å²) in [6, 6.07) is 18.4. The number of rotatable bonds is 4. The van der Waals surface area contributed by atoms with Crippen LogP contribution in [0.4, 0.5) is 0 Å². The number of ketones is 1.